The third-order valence-electron chi connectivity index (χ3n) is 3.14. The van der Waals surface area contributed by atoms with E-state index in [0.29, 0.717) is 17.9 Å². The molecule has 6 heteroatoms. The highest BCUT2D eigenvalue weighted by molar-refractivity contribution is 5.94. The van der Waals surface area contributed by atoms with Crippen molar-refractivity contribution in [1.29, 1.82) is 0 Å². The summed E-state index contributed by atoms with van der Waals surface area (Å²) in [4.78, 5) is 14.2. The molecule has 0 saturated carbocycles. The average Bonchev–Trinajstić information content (AvgIpc) is 2.82. The smallest absolute Gasteiger partial charge is 0.256 e. The first-order chi connectivity index (χ1) is 8.77. The molecule has 1 aliphatic rings. The molecule has 0 radical (unpaired) electrons. The molecule has 1 amide bonds. The molecule has 100 valence electrons. The van der Waals surface area contributed by atoms with Crippen LogP contribution in [0, 0.1) is 6.92 Å². The first-order valence-electron chi connectivity index (χ1n) is 6.40. The highest BCUT2D eigenvalue weighted by Gasteiger charge is 2.12. The minimum absolute atomic E-state index is 0.103. The van der Waals surface area contributed by atoms with Crippen molar-refractivity contribution in [2.24, 2.45) is 0 Å². The standard InChI is InChI=1S/C12H20N4O2/c1-10-11(9-15-18-10)12(17)14-3-2-6-16-7-4-13-5-8-16/h9,13H,2-8H2,1H3,(H,14,17). The van der Waals surface area contributed by atoms with Gasteiger partial charge in [0.05, 0.1) is 6.20 Å². The van der Waals surface area contributed by atoms with Gasteiger partial charge >= 0.3 is 0 Å². The van der Waals surface area contributed by atoms with E-state index < -0.39 is 0 Å². The monoisotopic (exact) mass is 252 g/mol. The zero-order valence-corrected chi connectivity index (χ0v) is 10.7. The lowest BCUT2D eigenvalue weighted by molar-refractivity contribution is 0.0949. The zero-order valence-electron chi connectivity index (χ0n) is 10.7. The van der Waals surface area contributed by atoms with Crippen LogP contribution < -0.4 is 10.6 Å². The fourth-order valence-electron chi connectivity index (χ4n) is 2.05. The second-order valence-electron chi connectivity index (χ2n) is 4.50. The number of carbonyl (C=O) groups excluding carboxylic acids is 1. The van der Waals surface area contributed by atoms with Gasteiger partial charge < -0.3 is 20.1 Å². The number of piperazine rings is 1. The lowest BCUT2D eigenvalue weighted by Crippen LogP contribution is -2.44. The zero-order chi connectivity index (χ0) is 12.8. The maximum Gasteiger partial charge on any atom is 0.256 e. The van der Waals surface area contributed by atoms with Gasteiger partial charge in [-0.25, -0.2) is 0 Å². The van der Waals surface area contributed by atoms with E-state index in [1.165, 1.54) is 6.20 Å². The molecular weight excluding hydrogens is 232 g/mol. The summed E-state index contributed by atoms with van der Waals surface area (Å²) in [5.74, 6) is 0.462. The van der Waals surface area contributed by atoms with Crippen molar-refractivity contribution in [3.05, 3.63) is 17.5 Å². The molecule has 0 aliphatic carbocycles. The van der Waals surface area contributed by atoms with Crippen LogP contribution in [0.15, 0.2) is 10.7 Å². The molecular formula is C12H20N4O2. The largest absolute Gasteiger partial charge is 0.361 e. The molecule has 0 aromatic carbocycles. The Bertz CT molecular complexity index is 385. The molecule has 1 aliphatic heterocycles. The topological polar surface area (TPSA) is 70.4 Å². The molecule has 1 aromatic rings. The quantitative estimate of drug-likeness (QED) is 0.722. The Labute approximate surface area is 107 Å². The number of amides is 1. The number of aryl methyl sites for hydroxylation is 1. The molecule has 0 bridgehead atoms. The van der Waals surface area contributed by atoms with Gasteiger partial charge in [-0.1, -0.05) is 5.16 Å². The number of hydrogen-bond acceptors (Lipinski definition) is 5. The third-order valence-corrected chi connectivity index (χ3v) is 3.14. The second kappa shape index (κ2) is 6.51. The molecule has 2 heterocycles. The van der Waals surface area contributed by atoms with Crippen molar-refractivity contribution in [2.45, 2.75) is 13.3 Å². The summed E-state index contributed by atoms with van der Waals surface area (Å²) < 4.78 is 4.86. The molecule has 0 spiro atoms. The summed E-state index contributed by atoms with van der Waals surface area (Å²) >= 11 is 0. The molecule has 6 nitrogen and oxygen atoms in total. The van der Waals surface area contributed by atoms with E-state index in [1.807, 2.05) is 0 Å². The minimum Gasteiger partial charge on any atom is -0.361 e. The van der Waals surface area contributed by atoms with E-state index >= 15 is 0 Å². The van der Waals surface area contributed by atoms with Gasteiger partial charge in [0.2, 0.25) is 0 Å². The van der Waals surface area contributed by atoms with E-state index in [0.717, 1.165) is 39.1 Å². The molecule has 0 atom stereocenters. The molecule has 1 aromatic heterocycles. The Balaban J connectivity index is 1.63. The van der Waals surface area contributed by atoms with Gasteiger partial charge in [-0.15, -0.1) is 0 Å². The maximum absolute atomic E-state index is 11.7. The van der Waals surface area contributed by atoms with Gasteiger partial charge in [-0.3, -0.25) is 4.79 Å². The molecule has 18 heavy (non-hydrogen) atoms. The first kappa shape index (κ1) is 13.0. The van der Waals surface area contributed by atoms with Crippen LogP contribution in [-0.4, -0.2) is 55.2 Å². The summed E-state index contributed by atoms with van der Waals surface area (Å²) in [5.41, 5.74) is 0.525. The second-order valence-corrected chi connectivity index (χ2v) is 4.50. The van der Waals surface area contributed by atoms with Crippen LogP contribution in [0.5, 0.6) is 0 Å². The van der Waals surface area contributed by atoms with Crippen LogP contribution in [0.3, 0.4) is 0 Å². The van der Waals surface area contributed by atoms with Crippen molar-refractivity contribution >= 4 is 5.91 Å². The average molecular weight is 252 g/mol. The fourth-order valence-corrected chi connectivity index (χ4v) is 2.05. The van der Waals surface area contributed by atoms with Crippen LogP contribution in [0.1, 0.15) is 22.5 Å². The molecule has 1 saturated heterocycles. The summed E-state index contributed by atoms with van der Waals surface area (Å²) in [6.45, 7) is 7.77. The SMILES string of the molecule is Cc1oncc1C(=O)NCCCN1CCNCC1. The van der Waals surface area contributed by atoms with Gasteiger partial charge in [0.25, 0.3) is 5.91 Å². The number of nitrogens with zero attached hydrogens (tertiary/aromatic N) is 2. The normalized spacial score (nSPS) is 16.7. The van der Waals surface area contributed by atoms with Crippen molar-refractivity contribution in [3.8, 4) is 0 Å². The number of aromatic nitrogens is 1. The number of carbonyl (C=O) groups is 1. The summed E-state index contributed by atoms with van der Waals surface area (Å²) in [5, 5.41) is 9.80. The predicted octanol–water partition coefficient (Wildman–Crippen LogP) is 0.00812. The van der Waals surface area contributed by atoms with Crippen LogP contribution in [0.4, 0.5) is 0 Å². The molecule has 1 fully saturated rings. The van der Waals surface area contributed by atoms with Crippen molar-refractivity contribution in [1.82, 2.24) is 20.7 Å². The summed E-state index contributed by atoms with van der Waals surface area (Å²) in [7, 11) is 0. The van der Waals surface area contributed by atoms with Crippen molar-refractivity contribution < 1.29 is 9.32 Å². The summed E-state index contributed by atoms with van der Waals surface area (Å²) in [6, 6.07) is 0. The van der Waals surface area contributed by atoms with E-state index in [1.54, 1.807) is 6.92 Å². The van der Waals surface area contributed by atoms with Gasteiger partial charge in [0.15, 0.2) is 0 Å². The van der Waals surface area contributed by atoms with Gasteiger partial charge in [-0.05, 0) is 19.9 Å². The summed E-state index contributed by atoms with van der Waals surface area (Å²) in [6.07, 6.45) is 2.43. The molecule has 0 unspecified atom stereocenters. The highest BCUT2D eigenvalue weighted by atomic mass is 16.5. The third kappa shape index (κ3) is 3.54. The molecule has 2 rings (SSSR count). The highest BCUT2D eigenvalue weighted by Crippen LogP contribution is 2.05. The van der Waals surface area contributed by atoms with Crippen LogP contribution in [0.2, 0.25) is 0 Å². The Morgan fingerprint density at radius 3 is 3.00 bits per heavy atom. The van der Waals surface area contributed by atoms with E-state index in [2.05, 4.69) is 20.7 Å². The van der Waals surface area contributed by atoms with Gasteiger partial charge in [0.1, 0.15) is 11.3 Å². The number of nitrogens with one attached hydrogen (secondary N) is 2. The minimum atomic E-state index is -0.103. The van der Waals surface area contributed by atoms with Crippen LogP contribution in [0.25, 0.3) is 0 Å². The fraction of sp³-hybridized carbons (Fsp3) is 0.667. The van der Waals surface area contributed by atoms with Crippen molar-refractivity contribution in [3.63, 3.8) is 0 Å². The first-order valence-corrected chi connectivity index (χ1v) is 6.40. The molecule has 2 N–H and O–H groups in total. The predicted molar refractivity (Wildman–Crippen MR) is 67.5 cm³/mol. The van der Waals surface area contributed by atoms with Gasteiger partial charge in [-0.2, -0.15) is 0 Å². The van der Waals surface area contributed by atoms with Crippen LogP contribution in [-0.2, 0) is 0 Å². The van der Waals surface area contributed by atoms with Crippen LogP contribution >= 0.6 is 0 Å². The Kier molecular flexibility index (Phi) is 4.72. The van der Waals surface area contributed by atoms with E-state index in [-0.39, 0.29) is 5.91 Å². The Hall–Kier alpha value is -1.40. The van der Waals surface area contributed by atoms with E-state index in [9.17, 15) is 4.79 Å². The van der Waals surface area contributed by atoms with Gasteiger partial charge in [0, 0.05) is 32.7 Å². The number of hydrogen-bond donors (Lipinski definition) is 2. The number of rotatable bonds is 5. The van der Waals surface area contributed by atoms with Crippen molar-refractivity contribution in [2.75, 3.05) is 39.3 Å². The maximum atomic E-state index is 11.7. The lowest BCUT2D eigenvalue weighted by Gasteiger charge is -2.27. The lowest BCUT2D eigenvalue weighted by atomic mass is 10.2. The van der Waals surface area contributed by atoms with E-state index in [4.69, 9.17) is 4.52 Å². The Morgan fingerprint density at radius 2 is 2.33 bits per heavy atom. The Morgan fingerprint density at radius 1 is 1.56 bits per heavy atom.